The van der Waals surface area contributed by atoms with Gasteiger partial charge in [-0.05, 0) is 36.8 Å². The van der Waals surface area contributed by atoms with Crippen molar-refractivity contribution in [3.63, 3.8) is 0 Å². The summed E-state index contributed by atoms with van der Waals surface area (Å²) in [7, 11) is 0. The third kappa shape index (κ3) is 5.07. The summed E-state index contributed by atoms with van der Waals surface area (Å²) < 4.78 is 12.9. The van der Waals surface area contributed by atoms with Gasteiger partial charge in [-0.1, -0.05) is 30.3 Å². The van der Waals surface area contributed by atoms with E-state index in [1.807, 2.05) is 42.2 Å². The largest absolute Gasteiger partial charge is 0.395 e. The maximum absolute atomic E-state index is 12.9. The lowest BCUT2D eigenvalue weighted by Crippen LogP contribution is -2.39. The van der Waals surface area contributed by atoms with Crippen LogP contribution in [0.2, 0.25) is 0 Å². The molecule has 23 heavy (non-hydrogen) atoms. The molecule has 0 heterocycles. The second kappa shape index (κ2) is 8.29. The minimum absolute atomic E-state index is 0.0321. The molecule has 0 aliphatic rings. The monoisotopic (exact) mass is 316 g/mol. The van der Waals surface area contributed by atoms with E-state index in [1.54, 1.807) is 12.1 Å². The summed E-state index contributed by atoms with van der Waals surface area (Å²) in [6.07, 6.45) is 0. The lowest BCUT2D eigenvalue weighted by Gasteiger charge is -2.24. The molecule has 0 bridgehead atoms. The van der Waals surface area contributed by atoms with Gasteiger partial charge in [0.25, 0.3) is 0 Å². The molecule has 0 saturated carbocycles. The topological polar surface area (TPSA) is 52.6 Å². The van der Waals surface area contributed by atoms with E-state index in [4.69, 9.17) is 0 Å². The van der Waals surface area contributed by atoms with Crippen LogP contribution >= 0.6 is 0 Å². The van der Waals surface area contributed by atoms with Gasteiger partial charge in [0.05, 0.1) is 19.2 Å². The molecular formula is C18H21FN2O2. The van der Waals surface area contributed by atoms with E-state index in [0.717, 1.165) is 11.3 Å². The maximum atomic E-state index is 12.9. The molecule has 0 aliphatic carbocycles. The number of amides is 1. The summed E-state index contributed by atoms with van der Waals surface area (Å²) in [6, 6.07) is 15.3. The fourth-order valence-electron chi connectivity index (χ4n) is 2.35. The van der Waals surface area contributed by atoms with Gasteiger partial charge in [0, 0.05) is 12.2 Å². The average Bonchev–Trinajstić information content (AvgIpc) is 2.55. The van der Waals surface area contributed by atoms with Crippen molar-refractivity contribution in [2.75, 3.05) is 24.6 Å². The van der Waals surface area contributed by atoms with Gasteiger partial charge in [-0.2, -0.15) is 0 Å². The Morgan fingerprint density at radius 1 is 1.17 bits per heavy atom. The first-order valence-corrected chi connectivity index (χ1v) is 7.56. The fourth-order valence-corrected chi connectivity index (χ4v) is 2.35. The van der Waals surface area contributed by atoms with Crippen molar-refractivity contribution in [2.45, 2.75) is 13.0 Å². The molecule has 4 nitrogen and oxygen atoms in total. The van der Waals surface area contributed by atoms with Crippen molar-refractivity contribution < 1.29 is 14.3 Å². The number of halogens is 1. The Bertz CT molecular complexity index is 617. The van der Waals surface area contributed by atoms with Crippen LogP contribution in [0.15, 0.2) is 54.6 Å². The van der Waals surface area contributed by atoms with Gasteiger partial charge in [0.15, 0.2) is 0 Å². The van der Waals surface area contributed by atoms with E-state index in [9.17, 15) is 14.3 Å². The number of benzene rings is 2. The van der Waals surface area contributed by atoms with Crippen LogP contribution in [0.1, 0.15) is 18.5 Å². The molecule has 5 heteroatoms. The van der Waals surface area contributed by atoms with Crippen LogP contribution < -0.4 is 10.2 Å². The number of hydrogen-bond acceptors (Lipinski definition) is 3. The summed E-state index contributed by atoms with van der Waals surface area (Å²) in [5, 5.41) is 12.1. The highest BCUT2D eigenvalue weighted by Crippen LogP contribution is 2.14. The first-order valence-electron chi connectivity index (χ1n) is 7.56. The zero-order valence-electron chi connectivity index (χ0n) is 13.1. The number of nitrogens with zero attached hydrogens (tertiary/aromatic N) is 1. The number of aliphatic hydroxyl groups excluding tert-OH is 1. The molecule has 0 saturated heterocycles. The summed E-state index contributed by atoms with van der Waals surface area (Å²) in [4.78, 5) is 14.1. The third-order valence-electron chi connectivity index (χ3n) is 3.57. The van der Waals surface area contributed by atoms with Crippen LogP contribution in [0.4, 0.5) is 10.1 Å². The number of carbonyl (C=O) groups excluding carboxylic acids is 1. The van der Waals surface area contributed by atoms with Gasteiger partial charge >= 0.3 is 0 Å². The Kier molecular flexibility index (Phi) is 6.11. The second-order valence-electron chi connectivity index (χ2n) is 5.32. The number of nitrogens with one attached hydrogen (secondary N) is 1. The Labute approximate surface area is 135 Å². The van der Waals surface area contributed by atoms with Crippen LogP contribution in [0.5, 0.6) is 0 Å². The Morgan fingerprint density at radius 3 is 2.43 bits per heavy atom. The highest BCUT2D eigenvalue weighted by Gasteiger charge is 2.14. The predicted molar refractivity (Wildman–Crippen MR) is 88.7 cm³/mol. The molecule has 0 aromatic heterocycles. The van der Waals surface area contributed by atoms with Crippen molar-refractivity contribution in [3.8, 4) is 0 Å². The van der Waals surface area contributed by atoms with Crippen molar-refractivity contribution in [2.24, 2.45) is 0 Å². The first-order chi connectivity index (χ1) is 11.1. The second-order valence-corrected chi connectivity index (χ2v) is 5.32. The molecule has 1 unspecified atom stereocenters. The molecular weight excluding hydrogens is 295 g/mol. The molecule has 2 rings (SSSR count). The van der Waals surface area contributed by atoms with E-state index in [-0.39, 0.29) is 30.9 Å². The summed E-state index contributed by atoms with van der Waals surface area (Å²) in [5.74, 6) is -0.454. The molecule has 2 N–H and O–H groups in total. The van der Waals surface area contributed by atoms with Crippen LogP contribution in [0.25, 0.3) is 0 Å². The van der Waals surface area contributed by atoms with Crippen LogP contribution in [0, 0.1) is 5.82 Å². The summed E-state index contributed by atoms with van der Waals surface area (Å²) in [6.45, 7) is 2.35. The van der Waals surface area contributed by atoms with Crippen molar-refractivity contribution in [1.29, 1.82) is 0 Å². The molecule has 0 radical (unpaired) electrons. The Hall–Kier alpha value is -2.40. The maximum Gasteiger partial charge on any atom is 0.239 e. The highest BCUT2D eigenvalue weighted by atomic mass is 19.1. The smallest absolute Gasteiger partial charge is 0.239 e. The highest BCUT2D eigenvalue weighted by molar-refractivity contribution is 5.81. The third-order valence-corrected chi connectivity index (χ3v) is 3.57. The SMILES string of the molecule is CC(NC(=O)CN(CCO)c1ccccc1)c1ccc(F)cc1. The number of hydrogen-bond donors (Lipinski definition) is 2. The quantitative estimate of drug-likeness (QED) is 0.825. The van der Waals surface area contributed by atoms with Crippen LogP contribution in [-0.4, -0.2) is 30.7 Å². The van der Waals surface area contributed by atoms with Gasteiger partial charge in [-0.15, -0.1) is 0 Å². The summed E-state index contributed by atoms with van der Waals surface area (Å²) >= 11 is 0. The molecule has 2 aromatic rings. The van der Waals surface area contributed by atoms with Gasteiger partial charge in [-0.25, -0.2) is 4.39 Å². The molecule has 0 spiro atoms. The van der Waals surface area contributed by atoms with E-state index < -0.39 is 0 Å². The fraction of sp³-hybridized carbons (Fsp3) is 0.278. The first kappa shape index (κ1) is 17.0. The van der Waals surface area contributed by atoms with Gasteiger partial charge in [-0.3, -0.25) is 4.79 Å². The minimum atomic E-state index is -0.300. The van der Waals surface area contributed by atoms with Gasteiger partial charge in [0.1, 0.15) is 5.82 Å². The zero-order valence-corrected chi connectivity index (χ0v) is 13.1. The van der Waals surface area contributed by atoms with Crippen molar-refractivity contribution in [1.82, 2.24) is 5.32 Å². The number of carbonyl (C=O) groups is 1. The summed E-state index contributed by atoms with van der Waals surface area (Å²) in [5.41, 5.74) is 1.72. The van der Waals surface area contributed by atoms with Crippen molar-refractivity contribution in [3.05, 3.63) is 66.0 Å². The molecule has 0 aliphatic heterocycles. The van der Waals surface area contributed by atoms with Crippen LogP contribution in [0.3, 0.4) is 0 Å². The van der Waals surface area contributed by atoms with Crippen molar-refractivity contribution >= 4 is 11.6 Å². The Balaban J connectivity index is 1.97. The molecule has 0 fully saturated rings. The van der Waals surface area contributed by atoms with E-state index in [1.165, 1.54) is 12.1 Å². The van der Waals surface area contributed by atoms with E-state index in [0.29, 0.717) is 6.54 Å². The average molecular weight is 316 g/mol. The predicted octanol–water partition coefficient (Wildman–Crippen LogP) is 2.50. The lowest BCUT2D eigenvalue weighted by molar-refractivity contribution is -0.120. The number of anilines is 1. The lowest BCUT2D eigenvalue weighted by atomic mass is 10.1. The number of rotatable bonds is 7. The van der Waals surface area contributed by atoms with Gasteiger partial charge < -0.3 is 15.3 Å². The van der Waals surface area contributed by atoms with E-state index in [2.05, 4.69) is 5.32 Å². The molecule has 1 amide bonds. The molecule has 2 aromatic carbocycles. The van der Waals surface area contributed by atoms with E-state index >= 15 is 0 Å². The standard InChI is InChI=1S/C18H21FN2O2/c1-14(15-7-9-16(19)10-8-15)20-18(23)13-21(11-12-22)17-5-3-2-4-6-17/h2-10,14,22H,11-13H2,1H3,(H,20,23). The number of aliphatic hydroxyl groups is 1. The number of para-hydroxylation sites is 1. The zero-order chi connectivity index (χ0) is 16.7. The molecule has 1 atom stereocenters. The van der Waals surface area contributed by atoms with Crippen LogP contribution in [-0.2, 0) is 4.79 Å². The molecule has 122 valence electrons. The minimum Gasteiger partial charge on any atom is -0.395 e. The normalized spacial score (nSPS) is 11.8. The Morgan fingerprint density at radius 2 is 1.83 bits per heavy atom. The van der Waals surface area contributed by atoms with Gasteiger partial charge in [0.2, 0.25) is 5.91 Å².